The maximum Gasteiger partial charge on any atom is 0.326 e. The molecule has 5 heteroatoms. The molecule has 0 saturated carbocycles. The summed E-state index contributed by atoms with van der Waals surface area (Å²) in [5, 5.41) is 11.4. The van der Waals surface area contributed by atoms with Crippen LogP contribution in [0.4, 0.5) is 0 Å². The van der Waals surface area contributed by atoms with Gasteiger partial charge in [0, 0.05) is 0 Å². The third-order valence-corrected chi connectivity index (χ3v) is 2.99. The second kappa shape index (κ2) is 9.27. The van der Waals surface area contributed by atoms with E-state index >= 15 is 0 Å². The minimum Gasteiger partial charge on any atom is -0.480 e. The fourth-order valence-electron chi connectivity index (χ4n) is 1.04. The molecule has 0 aromatic rings. The van der Waals surface area contributed by atoms with Crippen LogP contribution in [0, 0.1) is 0 Å². The molecular weight excluding hydrogens is 226 g/mol. The molecule has 0 saturated heterocycles. The summed E-state index contributed by atoms with van der Waals surface area (Å²) in [5.41, 5.74) is 0. The summed E-state index contributed by atoms with van der Waals surface area (Å²) in [6.45, 7) is 3.86. The summed E-state index contributed by atoms with van der Waals surface area (Å²) in [6.07, 6.45) is 4.85. The fourth-order valence-corrected chi connectivity index (χ4v) is 1.74. The van der Waals surface area contributed by atoms with Crippen LogP contribution in [-0.4, -0.2) is 34.5 Å². The van der Waals surface area contributed by atoms with Crippen molar-refractivity contribution in [3.8, 4) is 0 Å². The van der Waals surface area contributed by atoms with E-state index in [4.69, 9.17) is 5.11 Å². The first kappa shape index (κ1) is 15.0. The highest BCUT2D eigenvalue weighted by atomic mass is 32.2. The largest absolute Gasteiger partial charge is 0.480 e. The quantitative estimate of drug-likeness (QED) is 0.504. The first-order chi connectivity index (χ1) is 7.61. The molecule has 2 N–H and O–H groups in total. The van der Waals surface area contributed by atoms with Crippen LogP contribution in [0.1, 0.15) is 26.7 Å². The lowest BCUT2D eigenvalue weighted by Crippen LogP contribution is -2.41. The van der Waals surface area contributed by atoms with Crippen molar-refractivity contribution >= 4 is 23.6 Å². The zero-order valence-corrected chi connectivity index (χ0v) is 10.5. The summed E-state index contributed by atoms with van der Waals surface area (Å²) in [7, 11) is 0. The van der Waals surface area contributed by atoms with Crippen molar-refractivity contribution in [3.63, 3.8) is 0 Å². The van der Waals surface area contributed by atoms with E-state index in [9.17, 15) is 9.59 Å². The lowest BCUT2D eigenvalue weighted by Gasteiger charge is -2.12. The van der Waals surface area contributed by atoms with Crippen LogP contribution in [0.2, 0.25) is 0 Å². The number of amides is 1. The van der Waals surface area contributed by atoms with E-state index in [0.29, 0.717) is 12.2 Å². The zero-order chi connectivity index (χ0) is 12.4. The molecule has 0 spiro atoms. The van der Waals surface area contributed by atoms with Crippen LogP contribution >= 0.6 is 11.8 Å². The molecule has 0 rings (SSSR count). The van der Waals surface area contributed by atoms with E-state index < -0.39 is 12.0 Å². The van der Waals surface area contributed by atoms with Gasteiger partial charge in [-0.2, -0.15) is 11.8 Å². The monoisotopic (exact) mass is 245 g/mol. The first-order valence-corrected chi connectivity index (χ1v) is 6.48. The molecule has 1 atom stereocenters. The lowest BCUT2D eigenvalue weighted by atomic mass is 10.2. The van der Waals surface area contributed by atoms with Crippen molar-refractivity contribution in [2.24, 2.45) is 0 Å². The maximum atomic E-state index is 11.4. The number of hydrogen-bond donors (Lipinski definition) is 2. The zero-order valence-electron chi connectivity index (χ0n) is 9.73. The molecular formula is C11H19NO3S. The van der Waals surface area contributed by atoms with Gasteiger partial charge in [-0.15, -0.1) is 0 Å². The Labute approximate surface area is 100 Å². The molecule has 0 aromatic carbocycles. The van der Waals surface area contributed by atoms with Crippen molar-refractivity contribution in [3.05, 3.63) is 12.2 Å². The standard InChI is InChI=1S/C11H19NO3S/c1-3-5-6-9(11(14)15)12-10(13)8-16-7-4-2/h3,5,9H,4,6-8H2,1-2H3,(H,12,13)(H,14,15)/b5-3+. The summed E-state index contributed by atoms with van der Waals surface area (Å²) < 4.78 is 0. The normalized spacial score (nSPS) is 12.6. The van der Waals surface area contributed by atoms with E-state index in [1.54, 1.807) is 12.2 Å². The summed E-state index contributed by atoms with van der Waals surface area (Å²) >= 11 is 1.52. The predicted octanol–water partition coefficient (Wildman–Crippen LogP) is 1.67. The summed E-state index contributed by atoms with van der Waals surface area (Å²) in [6, 6.07) is -0.814. The molecule has 0 bridgehead atoms. The van der Waals surface area contributed by atoms with Gasteiger partial charge in [0.1, 0.15) is 6.04 Å². The van der Waals surface area contributed by atoms with Gasteiger partial charge in [0.05, 0.1) is 5.75 Å². The van der Waals surface area contributed by atoms with Crippen LogP contribution < -0.4 is 5.32 Å². The molecule has 0 aliphatic heterocycles. The molecule has 0 aromatic heterocycles. The number of carbonyl (C=O) groups excluding carboxylic acids is 1. The molecule has 4 nitrogen and oxygen atoms in total. The average Bonchev–Trinajstić information content (AvgIpc) is 2.24. The van der Waals surface area contributed by atoms with E-state index in [-0.39, 0.29) is 5.91 Å². The number of nitrogens with one attached hydrogen (secondary N) is 1. The summed E-state index contributed by atoms with van der Waals surface area (Å²) in [5.74, 6) is 0.0373. The number of hydrogen-bond acceptors (Lipinski definition) is 3. The van der Waals surface area contributed by atoms with Gasteiger partial charge >= 0.3 is 5.97 Å². The Kier molecular flexibility index (Phi) is 8.71. The first-order valence-electron chi connectivity index (χ1n) is 5.32. The number of carboxylic acids is 1. The molecule has 16 heavy (non-hydrogen) atoms. The topological polar surface area (TPSA) is 66.4 Å². The SMILES string of the molecule is C/C=C/CC(NC(=O)CSCCC)C(=O)O. The molecule has 0 aliphatic rings. The Morgan fingerprint density at radius 2 is 2.19 bits per heavy atom. The minimum atomic E-state index is -0.994. The number of thioether (sulfide) groups is 1. The van der Waals surface area contributed by atoms with Gasteiger partial charge in [0.2, 0.25) is 5.91 Å². The fraction of sp³-hybridized carbons (Fsp3) is 0.636. The van der Waals surface area contributed by atoms with Crippen LogP contribution in [0.25, 0.3) is 0 Å². The van der Waals surface area contributed by atoms with Crippen LogP contribution in [0.3, 0.4) is 0 Å². The Morgan fingerprint density at radius 1 is 1.50 bits per heavy atom. The Balaban J connectivity index is 3.98. The second-order valence-electron chi connectivity index (χ2n) is 3.32. The van der Waals surface area contributed by atoms with Crippen molar-refractivity contribution in [2.75, 3.05) is 11.5 Å². The smallest absolute Gasteiger partial charge is 0.326 e. The number of rotatable bonds is 8. The highest BCUT2D eigenvalue weighted by Gasteiger charge is 2.17. The molecule has 1 amide bonds. The number of aliphatic carboxylic acids is 1. The van der Waals surface area contributed by atoms with Gasteiger partial charge in [-0.1, -0.05) is 19.1 Å². The number of carboxylic acid groups (broad SMARTS) is 1. The van der Waals surface area contributed by atoms with Crippen molar-refractivity contribution < 1.29 is 14.7 Å². The summed E-state index contributed by atoms with van der Waals surface area (Å²) in [4.78, 5) is 22.2. The van der Waals surface area contributed by atoms with Crippen molar-refractivity contribution in [2.45, 2.75) is 32.7 Å². The highest BCUT2D eigenvalue weighted by molar-refractivity contribution is 7.99. The Bertz CT molecular complexity index is 254. The van der Waals surface area contributed by atoms with Gasteiger partial charge in [-0.05, 0) is 25.5 Å². The third kappa shape index (κ3) is 7.34. The van der Waals surface area contributed by atoms with E-state index in [1.165, 1.54) is 11.8 Å². The van der Waals surface area contributed by atoms with Crippen molar-refractivity contribution in [1.29, 1.82) is 0 Å². The predicted molar refractivity (Wildman–Crippen MR) is 66.6 cm³/mol. The van der Waals surface area contributed by atoms with E-state index in [2.05, 4.69) is 5.32 Å². The third-order valence-electron chi connectivity index (χ3n) is 1.82. The van der Waals surface area contributed by atoms with Crippen molar-refractivity contribution in [1.82, 2.24) is 5.32 Å². The molecule has 0 fully saturated rings. The van der Waals surface area contributed by atoms with Crippen LogP contribution in [-0.2, 0) is 9.59 Å². The van der Waals surface area contributed by atoms with Crippen LogP contribution in [0.5, 0.6) is 0 Å². The number of allylic oxidation sites excluding steroid dienone is 1. The Hall–Kier alpha value is -0.970. The average molecular weight is 245 g/mol. The second-order valence-corrected chi connectivity index (χ2v) is 4.42. The lowest BCUT2D eigenvalue weighted by molar-refractivity contribution is -0.141. The molecule has 0 aliphatic carbocycles. The van der Waals surface area contributed by atoms with Crippen LogP contribution in [0.15, 0.2) is 12.2 Å². The number of carbonyl (C=O) groups is 2. The Morgan fingerprint density at radius 3 is 2.69 bits per heavy atom. The molecule has 0 radical (unpaired) electrons. The van der Waals surface area contributed by atoms with E-state index in [1.807, 2.05) is 13.8 Å². The molecule has 92 valence electrons. The van der Waals surface area contributed by atoms with Gasteiger partial charge in [0.15, 0.2) is 0 Å². The van der Waals surface area contributed by atoms with Gasteiger partial charge in [-0.3, -0.25) is 4.79 Å². The molecule has 1 unspecified atom stereocenters. The van der Waals surface area contributed by atoms with Gasteiger partial charge in [-0.25, -0.2) is 4.79 Å². The molecule has 0 heterocycles. The van der Waals surface area contributed by atoms with Gasteiger partial charge in [0.25, 0.3) is 0 Å². The van der Waals surface area contributed by atoms with Gasteiger partial charge < -0.3 is 10.4 Å². The minimum absolute atomic E-state index is 0.213. The maximum absolute atomic E-state index is 11.4. The van der Waals surface area contributed by atoms with E-state index in [0.717, 1.165) is 12.2 Å². The highest BCUT2D eigenvalue weighted by Crippen LogP contribution is 2.02.